The van der Waals surface area contributed by atoms with Gasteiger partial charge in [0, 0.05) is 0 Å². The summed E-state index contributed by atoms with van der Waals surface area (Å²) in [6.45, 7) is 8.74. The molecule has 0 saturated heterocycles. The molecule has 0 aromatic carbocycles. The van der Waals surface area contributed by atoms with Gasteiger partial charge in [-0.05, 0) is 25.7 Å². The Morgan fingerprint density at radius 1 is 0.636 bits per heavy atom. The molecule has 0 rings (SSSR count). The van der Waals surface area contributed by atoms with Crippen LogP contribution in [-0.4, -0.2) is 32.3 Å². The van der Waals surface area contributed by atoms with Crippen molar-refractivity contribution in [1.29, 1.82) is 0 Å². The van der Waals surface area contributed by atoms with Gasteiger partial charge in [-0.2, -0.15) is 0 Å². The topological polar surface area (TPSA) is 40.1 Å². The van der Waals surface area contributed by atoms with Gasteiger partial charge >= 0.3 is 0 Å². The van der Waals surface area contributed by atoms with Gasteiger partial charge in [0.25, 0.3) is 0 Å². The monoisotopic (exact) mass is 333 g/mol. The second-order valence-corrected chi connectivity index (χ2v) is 7.84. The maximum Gasteiger partial charge on any atom is 0.148 e. The van der Waals surface area contributed by atoms with E-state index < -0.39 is 11.3 Å². The Morgan fingerprint density at radius 3 is 1.41 bits per heavy atom. The lowest BCUT2D eigenvalue weighted by atomic mass is 10.1. The van der Waals surface area contributed by atoms with Gasteiger partial charge in [0.15, 0.2) is 0 Å². The predicted molar refractivity (Wildman–Crippen MR) is 96.2 cm³/mol. The Hall–Kier alpha value is 0.0700. The van der Waals surface area contributed by atoms with Crippen LogP contribution in [0.5, 0.6) is 0 Å². The van der Waals surface area contributed by atoms with Crippen LogP contribution in [0.25, 0.3) is 0 Å². The first-order valence-corrected chi connectivity index (χ1v) is 10.6. The third-order valence-corrected chi connectivity index (χ3v) is 5.68. The molecule has 0 fully saturated rings. The van der Waals surface area contributed by atoms with Crippen LogP contribution in [-0.2, 0) is 11.3 Å². The number of nitrogens with zero attached hydrogens (tertiary/aromatic N) is 1. The van der Waals surface area contributed by atoms with E-state index in [0.29, 0.717) is 0 Å². The maximum atomic E-state index is 11.7. The highest BCUT2D eigenvalue weighted by molar-refractivity contribution is 7.73. The molecule has 134 valence electrons. The SMILES string of the molecule is CCCCCCCCCCCC[N+](CCC)(CCC)S(=O)[O-]. The van der Waals surface area contributed by atoms with Gasteiger partial charge < -0.3 is 4.55 Å². The van der Waals surface area contributed by atoms with Crippen LogP contribution in [0.2, 0.25) is 0 Å². The second kappa shape index (κ2) is 14.6. The third kappa shape index (κ3) is 9.96. The zero-order valence-corrected chi connectivity index (χ0v) is 16.1. The molecule has 0 N–H and O–H groups in total. The van der Waals surface area contributed by atoms with Crippen LogP contribution < -0.4 is 0 Å². The first-order chi connectivity index (χ1) is 10.6. The van der Waals surface area contributed by atoms with E-state index in [-0.39, 0.29) is 3.89 Å². The van der Waals surface area contributed by atoms with Gasteiger partial charge in [-0.15, -0.1) is 0 Å². The highest BCUT2D eigenvalue weighted by Crippen LogP contribution is 2.17. The molecule has 0 bridgehead atoms. The summed E-state index contributed by atoms with van der Waals surface area (Å²) in [6.07, 6.45) is 14.9. The minimum absolute atomic E-state index is 0.282. The standard InChI is InChI=1S/C18H39NO2S/c1-4-7-8-9-10-11-12-13-14-15-18-19(16-5-2,17-6-3)22(20)21/h4-18H2,1-3H3. The van der Waals surface area contributed by atoms with E-state index in [4.69, 9.17) is 0 Å². The lowest BCUT2D eigenvalue weighted by Gasteiger charge is -2.38. The number of quaternary nitrogens is 1. The average molecular weight is 334 g/mol. The first-order valence-electron chi connectivity index (χ1n) is 9.59. The zero-order valence-electron chi connectivity index (χ0n) is 15.3. The summed E-state index contributed by atoms with van der Waals surface area (Å²) in [4.78, 5) is 0. The van der Waals surface area contributed by atoms with E-state index in [1.807, 2.05) is 0 Å². The zero-order chi connectivity index (χ0) is 16.7. The lowest BCUT2D eigenvalue weighted by Crippen LogP contribution is -2.50. The van der Waals surface area contributed by atoms with Crippen molar-refractivity contribution in [3.05, 3.63) is 0 Å². The van der Waals surface area contributed by atoms with E-state index in [1.54, 1.807) is 0 Å². The van der Waals surface area contributed by atoms with Crippen molar-refractivity contribution in [1.82, 2.24) is 0 Å². The van der Waals surface area contributed by atoms with Gasteiger partial charge in [0.1, 0.15) is 11.3 Å². The van der Waals surface area contributed by atoms with E-state index in [0.717, 1.165) is 38.9 Å². The summed E-state index contributed by atoms with van der Waals surface area (Å²) in [5.74, 6) is 0. The number of hydrogen-bond acceptors (Lipinski definition) is 2. The van der Waals surface area contributed by atoms with Crippen molar-refractivity contribution in [2.75, 3.05) is 19.6 Å². The van der Waals surface area contributed by atoms with Crippen LogP contribution in [0, 0.1) is 0 Å². The Kier molecular flexibility index (Phi) is 14.7. The summed E-state index contributed by atoms with van der Waals surface area (Å²) in [6, 6.07) is 0. The van der Waals surface area contributed by atoms with Gasteiger partial charge in [-0.25, -0.2) is 8.10 Å². The van der Waals surface area contributed by atoms with Crippen molar-refractivity contribution in [2.24, 2.45) is 0 Å². The Bertz CT molecular complexity index is 266. The summed E-state index contributed by atoms with van der Waals surface area (Å²) < 4.78 is 23.6. The van der Waals surface area contributed by atoms with Crippen LogP contribution >= 0.6 is 0 Å². The fourth-order valence-corrected chi connectivity index (χ4v) is 4.20. The fraction of sp³-hybridized carbons (Fsp3) is 1.00. The Balaban J connectivity index is 3.78. The van der Waals surface area contributed by atoms with Crippen molar-refractivity contribution >= 4 is 11.3 Å². The molecule has 1 unspecified atom stereocenters. The molecule has 0 heterocycles. The van der Waals surface area contributed by atoms with E-state index in [1.165, 1.54) is 57.8 Å². The van der Waals surface area contributed by atoms with Crippen LogP contribution in [0.15, 0.2) is 0 Å². The van der Waals surface area contributed by atoms with Crippen molar-refractivity contribution < 1.29 is 12.6 Å². The average Bonchev–Trinajstić information content (AvgIpc) is 2.49. The molecule has 0 saturated carbocycles. The smallest absolute Gasteiger partial charge is 0.148 e. The summed E-state index contributed by atoms with van der Waals surface area (Å²) in [5.41, 5.74) is 0. The largest absolute Gasteiger partial charge is 0.724 e. The Labute approximate surface area is 141 Å². The van der Waals surface area contributed by atoms with Crippen LogP contribution in [0.3, 0.4) is 0 Å². The predicted octanol–water partition coefficient (Wildman–Crippen LogP) is 5.34. The Morgan fingerprint density at radius 2 is 1.05 bits per heavy atom. The number of unbranched alkanes of at least 4 members (excludes halogenated alkanes) is 9. The molecule has 0 aromatic rings. The molecule has 4 heteroatoms. The van der Waals surface area contributed by atoms with Gasteiger partial charge in [-0.1, -0.05) is 72.1 Å². The second-order valence-electron chi connectivity index (χ2n) is 6.63. The highest BCUT2D eigenvalue weighted by atomic mass is 32.2. The molecular weight excluding hydrogens is 294 g/mol. The molecule has 0 aliphatic rings. The van der Waals surface area contributed by atoms with Crippen LogP contribution in [0.1, 0.15) is 97.8 Å². The molecule has 0 aliphatic carbocycles. The van der Waals surface area contributed by atoms with Gasteiger partial charge in [-0.3, -0.25) is 0 Å². The molecule has 22 heavy (non-hydrogen) atoms. The van der Waals surface area contributed by atoms with E-state index >= 15 is 0 Å². The van der Waals surface area contributed by atoms with E-state index in [2.05, 4.69) is 20.8 Å². The lowest BCUT2D eigenvalue weighted by molar-refractivity contribution is -0.807. The minimum Gasteiger partial charge on any atom is -0.724 e. The molecule has 0 spiro atoms. The quantitative estimate of drug-likeness (QED) is 0.217. The van der Waals surface area contributed by atoms with Gasteiger partial charge in [0.2, 0.25) is 0 Å². The highest BCUT2D eigenvalue weighted by Gasteiger charge is 2.26. The van der Waals surface area contributed by atoms with E-state index in [9.17, 15) is 8.76 Å². The molecule has 0 aliphatic heterocycles. The van der Waals surface area contributed by atoms with Crippen molar-refractivity contribution in [3.63, 3.8) is 0 Å². The first kappa shape index (κ1) is 22.1. The number of hydrogen-bond donors (Lipinski definition) is 0. The van der Waals surface area contributed by atoms with Gasteiger partial charge in [0.05, 0.1) is 19.6 Å². The van der Waals surface area contributed by atoms with Crippen LogP contribution in [0.4, 0.5) is 0 Å². The minimum atomic E-state index is -1.99. The molecule has 0 radical (unpaired) electrons. The molecule has 3 nitrogen and oxygen atoms in total. The maximum absolute atomic E-state index is 11.7. The van der Waals surface area contributed by atoms with Crippen molar-refractivity contribution in [2.45, 2.75) is 97.8 Å². The molecule has 0 aromatic heterocycles. The fourth-order valence-electron chi connectivity index (χ4n) is 3.26. The summed E-state index contributed by atoms with van der Waals surface area (Å²) in [5, 5.41) is 0. The normalized spacial score (nSPS) is 13.5. The third-order valence-electron chi connectivity index (χ3n) is 4.50. The summed E-state index contributed by atoms with van der Waals surface area (Å²) in [7, 11) is 0. The number of rotatable bonds is 16. The molecular formula is C18H39NO2S. The summed E-state index contributed by atoms with van der Waals surface area (Å²) >= 11 is -1.99. The molecule has 0 amide bonds. The molecule has 1 atom stereocenters. The van der Waals surface area contributed by atoms with Crippen molar-refractivity contribution in [3.8, 4) is 0 Å².